The number of carbonyl (C=O) groups excluding carboxylic acids is 1. The molecule has 0 spiro atoms. The maximum absolute atomic E-state index is 12.5. The van der Waals surface area contributed by atoms with Crippen molar-refractivity contribution in [1.29, 1.82) is 0 Å². The van der Waals surface area contributed by atoms with Gasteiger partial charge >= 0.3 is 0 Å². The van der Waals surface area contributed by atoms with Crippen LogP contribution in [0, 0.1) is 0 Å². The lowest BCUT2D eigenvalue weighted by molar-refractivity contribution is 0.0958. The number of fused-ring (bicyclic) bond motifs is 1. The highest BCUT2D eigenvalue weighted by Gasteiger charge is 2.18. The number of anilines is 2. The largest absolute Gasteiger partial charge is 0.454 e. The SMILES string of the molecule is C=CCNC(=O)c1cnc(-c2ccc3c(c2)OCO3)nc1Nc1ccccc1. The highest BCUT2D eigenvalue weighted by molar-refractivity contribution is 5.99. The van der Waals surface area contributed by atoms with Crippen LogP contribution in [0.3, 0.4) is 0 Å². The summed E-state index contributed by atoms with van der Waals surface area (Å²) < 4.78 is 10.8. The second-order valence-electron chi connectivity index (χ2n) is 6.01. The molecule has 7 heteroatoms. The van der Waals surface area contributed by atoms with Crippen LogP contribution in [0.4, 0.5) is 11.5 Å². The van der Waals surface area contributed by atoms with E-state index in [0.717, 1.165) is 11.3 Å². The average Bonchev–Trinajstić information content (AvgIpc) is 3.20. The summed E-state index contributed by atoms with van der Waals surface area (Å²) >= 11 is 0. The first-order chi connectivity index (χ1) is 13.7. The molecule has 0 fully saturated rings. The van der Waals surface area contributed by atoms with Crippen molar-refractivity contribution in [3.8, 4) is 22.9 Å². The van der Waals surface area contributed by atoms with E-state index in [1.165, 1.54) is 6.20 Å². The molecular formula is C21H18N4O3. The lowest BCUT2D eigenvalue weighted by atomic mass is 10.1. The van der Waals surface area contributed by atoms with E-state index in [9.17, 15) is 4.79 Å². The number of ether oxygens (including phenoxy) is 2. The van der Waals surface area contributed by atoms with Crippen molar-refractivity contribution in [3.63, 3.8) is 0 Å². The zero-order valence-electron chi connectivity index (χ0n) is 15.0. The number of rotatable bonds is 6. The zero-order valence-corrected chi connectivity index (χ0v) is 15.0. The minimum atomic E-state index is -0.282. The number of hydrogen-bond acceptors (Lipinski definition) is 6. The molecular weight excluding hydrogens is 356 g/mol. The first-order valence-corrected chi connectivity index (χ1v) is 8.73. The molecule has 0 atom stereocenters. The number of nitrogens with one attached hydrogen (secondary N) is 2. The molecule has 2 heterocycles. The van der Waals surface area contributed by atoms with Gasteiger partial charge < -0.3 is 20.1 Å². The van der Waals surface area contributed by atoms with Crippen LogP contribution in [0.1, 0.15) is 10.4 Å². The molecule has 3 aromatic rings. The number of carbonyl (C=O) groups is 1. The lowest BCUT2D eigenvalue weighted by Crippen LogP contribution is -2.24. The lowest BCUT2D eigenvalue weighted by Gasteiger charge is -2.12. The average molecular weight is 374 g/mol. The van der Waals surface area contributed by atoms with Crippen LogP contribution in [-0.4, -0.2) is 29.2 Å². The number of amides is 1. The third-order valence-electron chi connectivity index (χ3n) is 4.11. The first kappa shape index (κ1) is 17.5. The summed E-state index contributed by atoms with van der Waals surface area (Å²) in [5.74, 6) is 1.93. The van der Waals surface area contributed by atoms with Crippen LogP contribution in [0.5, 0.6) is 11.5 Å². The van der Waals surface area contributed by atoms with Crippen LogP contribution < -0.4 is 20.1 Å². The Balaban J connectivity index is 1.72. The fourth-order valence-electron chi connectivity index (χ4n) is 2.74. The minimum absolute atomic E-state index is 0.197. The topological polar surface area (TPSA) is 85.4 Å². The van der Waals surface area contributed by atoms with E-state index in [1.807, 2.05) is 48.5 Å². The van der Waals surface area contributed by atoms with Gasteiger partial charge in [0.05, 0.1) is 0 Å². The van der Waals surface area contributed by atoms with Gasteiger partial charge in [-0.1, -0.05) is 24.3 Å². The Bertz CT molecular complexity index is 1020. The quantitative estimate of drug-likeness (QED) is 0.642. The van der Waals surface area contributed by atoms with Gasteiger partial charge in [-0.3, -0.25) is 4.79 Å². The first-order valence-electron chi connectivity index (χ1n) is 8.73. The minimum Gasteiger partial charge on any atom is -0.454 e. The molecule has 2 N–H and O–H groups in total. The van der Waals surface area contributed by atoms with Crippen molar-refractivity contribution in [2.45, 2.75) is 0 Å². The summed E-state index contributed by atoms with van der Waals surface area (Å²) in [6.45, 7) is 4.17. The standard InChI is InChI=1S/C21H18N4O3/c1-2-10-22-21(26)16-12-23-19(14-8-9-17-18(11-14)28-13-27-17)25-20(16)24-15-6-4-3-5-7-15/h2-9,11-12H,1,10,13H2,(H,22,26)(H,23,24,25). The van der Waals surface area contributed by atoms with Gasteiger partial charge in [-0.15, -0.1) is 6.58 Å². The summed E-state index contributed by atoms with van der Waals surface area (Å²) in [7, 11) is 0. The van der Waals surface area contributed by atoms with Crippen molar-refractivity contribution in [2.24, 2.45) is 0 Å². The van der Waals surface area contributed by atoms with Crippen molar-refractivity contribution < 1.29 is 14.3 Å². The molecule has 2 aromatic carbocycles. The van der Waals surface area contributed by atoms with E-state index in [4.69, 9.17) is 9.47 Å². The highest BCUT2D eigenvalue weighted by atomic mass is 16.7. The number of aromatic nitrogens is 2. The molecule has 7 nitrogen and oxygen atoms in total. The Morgan fingerprint density at radius 3 is 2.79 bits per heavy atom. The zero-order chi connectivity index (χ0) is 19.3. The fourth-order valence-corrected chi connectivity index (χ4v) is 2.74. The second kappa shape index (κ2) is 7.79. The molecule has 0 unspecified atom stereocenters. The molecule has 1 amide bonds. The monoisotopic (exact) mass is 374 g/mol. The summed E-state index contributed by atoms with van der Waals surface area (Å²) in [6, 6.07) is 15.0. The van der Waals surface area contributed by atoms with E-state index < -0.39 is 0 Å². The summed E-state index contributed by atoms with van der Waals surface area (Å²) in [5.41, 5.74) is 1.92. The van der Waals surface area contributed by atoms with Gasteiger partial charge in [-0.05, 0) is 30.3 Å². The summed E-state index contributed by atoms with van der Waals surface area (Å²) in [6.07, 6.45) is 3.13. The maximum Gasteiger partial charge on any atom is 0.256 e. The molecule has 0 bridgehead atoms. The van der Waals surface area contributed by atoms with Gasteiger partial charge in [-0.25, -0.2) is 9.97 Å². The molecule has 1 aromatic heterocycles. The van der Waals surface area contributed by atoms with Gasteiger partial charge in [-0.2, -0.15) is 0 Å². The Hall–Kier alpha value is -3.87. The number of benzene rings is 2. The molecule has 0 saturated heterocycles. The molecule has 0 aliphatic carbocycles. The third kappa shape index (κ3) is 3.64. The Kier molecular flexibility index (Phi) is 4.88. The van der Waals surface area contributed by atoms with Crippen LogP contribution in [0.2, 0.25) is 0 Å². The van der Waals surface area contributed by atoms with E-state index >= 15 is 0 Å². The Labute approximate surface area is 162 Å². The van der Waals surface area contributed by atoms with Crippen LogP contribution in [-0.2, 0) is 0 Å². The van der Waals surface area contributed by atoms with Gasteiger partial charge in [0.15, 0.2) is 17.3 Å². The highest BCUT2D eigenvalue weighted by Crippen LogP contribution is 2.35. The van der Waals surface area contributed by atoms with E-state index in [0.29, 0.717) is 35.2 Å². The predicted molar refractivity (Wildman–Crippen MR) is 106 cm³/mol. The molecule has 140 valence electrons. The van der Waals surface area contributed by atoms with Crippen molar-refractivity contribution >= 4 is 17.4 Å². The van der Waals surface area contributed by atoms with Crippen molar-refractivity contribution in [2.75, 3.05) is 18.7 Å². The smallest absolute Gasteiger partial charge is 0.256 e. The van der Waals surface area contributed by atoms with Crippen LogP contribution in [0.25, 0.3) is 11.4 Å². The summed E-state index contributed by atoms with van der Waals surface area (Å²) in [4.78, 5) is 21.5. The molecule has 28 heavy (non-hydrogen) atoms. The summed E-state index contributed by atoms with van der Waals surface area (Å²) in [5, 5.41) is 5.95. The fraction of sp³-hybridized carbons (Fsp3) is 0.0952. The van der Waals surface area contributed by atoms with Crippen LogP contribution in [0.15, 0.2) is 67.4 Å². The predicted octanol–water partition coefficient (Wildman–Crippen LogP) is 3.53. The normalized spacial score (nSPS) is 11.7. The molecule has 0 saturated carbocycles. The van der Waals surface area contributed by atoms with Crippen LogP contribution >= 0.6 is 0 Å². The number of nitrogens with zero attached hydrogens (tertiary/aromatic N) is 2. The van der Waals surface area contributed by atoms with Gasteiger partial charge in [0.1, 0.15) is 11.4 Å². The number of hydrogen-bond donors (Lipinski definition) is 2. The Morgan fingerprint density at radius 2 is 1.96 bits per heavy atom. The third-order valence-corrected chi connectivity index (χ3v) is 4.11. The van der Waals surface area contributed by atoms with Gasteiger partial charge in [0.2, 0.25) is 6.79 Å². The van der Waals surface area contributed by atoms with E-state index in [1.54, 1.807) is 6.08 Å². The number of para-hydroxylation sites is 1. The van der Waals surface area contributed by atoms with Gasteiger partial charge in [0, 0.05) is 24.0 Å². The molecule has 1 aliphatic heterocycles. The van der Waals surface area contributed by atoms with Crippen molar-refractivity contribution in [3.05, 3.63) is 72.9 Å². The molecule has 0 radical (unpaired) electrons. The molecule has 4 rings (SSSR count). The second-order valence-corrected chi connectivity index (χ2v) is 6.01. The molecule has 1 aliphatic rings. The van der Waals surface area contributed by atoms with E-state index in [-0.39, 0.29) is 12.7 Å². The van der Waals surface area contributed by atoms with Crippen molar-refractivity contribution in [1.82, 2.24) is 15.3 Å². The maximum atomic E-state index is 12.5. The van der Waals surface area contributed by atoms with E-state index in [2.05, 4.69) is 27.2 Å². The Morgan fingerprint density at radius 1 is 1.14 bits per heavy atom. The van der Waals surface area contributed by atoms with Gasteiger partial charge in [0.25, 0.3) is 5.91 Å².